The topological polar surface area (TPSA) is 29.3 Å². The zero-order chi connectivity index (χ0) is 14.8. The van der Waals surface area contributed by atoms with Gasteiger partial charge in [-0.1, -0.05) is 12.1 Å². The molecule has 0 spiro atoms. The van der Waals surface area contributed by atoms with Crippen molar-refractivity contribution in [1.29, 1.82) is 0 Å². The van der Waals surface area contributed by atoms with Crippen LogP contribution in [-0.4, -0.2) is 24.5 Å². The van der Waals surface area contributed by atoms with Crippen molar-refractivity contribution in [2.24, 2.45) is 11.7 Å². The van der Waals surface area contributed by atoms with Crippen LogP contribution < -0.4 is 5.73 Å². The number of piperidine rings is 1. The normalized spacial score (nSPS) is 19.1. The van der Waals surface area contributed by atoms with E-state index >= 15 is 0 Å². The second-order valence-electron chi connectivity index (χ2n) is 5.51. The Kier molecular flexibility index (Phi) is 6.50. The Hall–Kier alpha value is -0.780. The molecular formula is C15H22ClF3N2. The van der Waals surface area contributed by atoms with E-state index in [9.17, 15) is 13.2 Å². The average Bonchev–Trinajstić information content (AvgIpc) is 2.46. The highest BCUT2D eigenvalue weighted by Gasteiger charge is 2.30. The van der Waals surface area contributed by atoms with Gasteiger partial charge in [-0.2, -0.15) is 13.2 Å². The van der Waals surface area contributed by atoms with Crippen LogP contribution in [0.15, 0.2) is 24.3 Å². The lowest BCUT2D eigenvalue weighted by Crippen LogP contribution is -2.37. The first kappa shape index (κ1) is 18.3. The minimum atomic E-state index is -4.26. The summed E-state index contributed by atoms with van der Waals surface area (Å²) < 4.78 is 37.6. The van der Waals surface area contributed by atoms with E-state index in [0.29, 0.717) is 5.92 Å². The first-order chi connectivity index (χ1) is 9.41. The lowest BCUT2D eigenvalue weighted by molar-refractivity contribution is -0.137. The Balaban J connectivity index is 0.00000220. The van der Waals surface area contributed by atoms with Gasteiger partial charge < -0.3 is 5.73 Å². The molecule has 21 heavy (non-hydrogen) atoms. The van der Waals surface area contributed by atoms with Crippen molar-refractivity contribution >= 4 is 12.4 Å². The first-order valence-corrected chi connectivity index (χ1v) is 7.03. The van der Waals surface area contributed by atoms with E-state index in [1.54, 1.807) is 12.1 Å². The van der Waals surface area contributed by atoms with Crippen molar-refractivity contribution in [2.75, 3.05) is 19.6 Å². The number of nitrogens with zero attached hydrogens (tertiary/aromatic N) is 1. The molecule has 2 N–H and O–H groups in total. The molecule has 1 saturated heterocycles. The molecule has 1 aliphatic heterocycles. The number of hydrogen-bond acceptors (Lipinski definition) is 2. The van der Waals surface area contributed by atoms with Crippen molar-refractivity contribution in [1.82, 2.24) is 4.90 Å². The average molecular weight is 323 g/mol. The highest BCUT2D eigenvalue weighted by molar-refractivity contribution is 5.85. The maximum Gasteiger partial charge on any atom is 0.416 e. The molecule has 0 saturated carbocycles. The Labute approximate surface area is 129 Å². The van der Waals surface area contributed by atoms with Gasteiger partial charge >= 0.3 is 6.18 Å². The zero-order valence-electron chi connectivity index (χ0n) is 12.1. The van der Waals surface area contributed by atoms with Gasteiger partial charge in [0.1, 0.15) is 0 Å². The van der Waals surface area contributed by atoms with Gasteiger partial charge in [0.05, 0.1) is 5.56 Å². The summed E-state index contributed by atoms with van der Waals surface area (Å²) in [6, 6.07) is 5.65. The van der Waals surface area contributed by atoms with Crippen molar-refractivity contribution in [3.05, 3.63) is 35.4 Å². The molecule has 2 rings (SSSR count). The van der Waals surface area contributed by atoms with Crippen LogP contribution in [0.2, 0.25) is 0 Å². The summed E-state index contributed by atoms with van der Waals surface area (Å²) in [7, 11) is 0. The van der Waals surface area contributed by atoms with Gasteiger partial charge in [-0.25, -0.2) is 0 Å². The van der Waals surface area contributed by atoms with E-state index in [2.05, 4.69) is 4.90 Å². The second kappa shape index (κ2) is 7.47. The van der Waals surface area contributed by atoms with Crippen LogP contribution in [0.4, 0.5) is 13.2 Å². The molecule has 0 aromatic heterocycles. The van der Waals surface area contributed by atoms with Crippen LogP contribution in [-0.2, 0) is 6.18 Å². The molecule has 1 atom stereocenters. The van der Waals surface area contributed by atoms with Gasteiger partial charge in [-0.05, 0) is 63.0 Å². The number of nitrogens with two attached hydrogens (primary N) is 1. The molecule has 1 aromatic carbocycles. The van der Waals surface area contributed by atoms with Gasteiger partial charge in [0.2, 0.25) is 0 Å². The fourth-order valence-electron chi connectivity index (χ4n) is 2.74. The maximum atomic E-state index is 12.5. The molecule has 1 unspecified atom stereocenters. The van der Waals surface area contributed by atoms with Crippen molar-refractivity contribution in [3.63, 3.8) is 0 Å². The number of hydrogen-bond donors (Lipinski definition) is 1. The van der Waals surface area contributed by atoms with Gasteiger partial charge in [0.15, 0.2) is 0 Å². The molecule has 1 aromatic rings. The molecule has 0 amide bonds. The minimum absolute atomic E-state index is 0. The van der Waals surface area contributed by atoms with Crippen LogP contribution in [0, 0.1) is 5.92 Å². The summed E-state index contributed by atoms with van der Waals surface area (Å²) in [5.74, 6) is 0.589. The molecule has 0 radical (unpaired) electrons. The highest BCUT2D eigenvalue weighted by Crippen LogP contribution is 2.31. The third-order valence-corrected chi connectivity index (χ3v) is 4.25. The number of halogens is 4. The zero-order valence-corrected chi connectivity index (χ0v) is 12.9. The summed E-state index contributed by atoms with van der Waals surface area (Å²) in [5.41, 5.74) is 6.01. The van der Waals surface area contributed by atoms with E-state index in [-0.39, 0.29) is 18.4 Å². The summed E-state index contributed by atoms with van der Waals surface area (Å²) in [6.45, 7) is 4.70. The van der Waals surface area contributed by atoms with Crippen LogP contribution in [0.5, 0.6) is 0 Å². The lowest BCUT2D eigenvalue weighted by atomic mass is 9.94. The van der Waals surface area contributed by atoms with Crippen molar-refractivity contribution in [2.45, 2.75) is 32.0 Å². The van der Waals surface area contributed by atoms with Gasteiger partial charge in [-0.15, -0.1) is 12.4 Å². The van der Waals surface area contributed by atoms with Gasteiger partial charge in [0.25, 0.3) is 0 Å². The molecule has 0 bridgehead atoms. The number of benzene rings is 1. The van der Waals surface area contributed by atoms with Gasteiger partial charge in [-0.3, -0.25) is 4.90 Å². The van der Waals surface area contributed by atoms with Gasteiger partial charge in [0, 0.05) is 6.04 Å². The Bertz CT molecular complexity index is 426. The molecular weight excluding hydrogens is 301 g/mol. The SMILES string of the molecule is CC(c1ccc(C(F)(F)F)cc1)N1CCC(CN)CC1.Cl. The summed E-state index contributed by atoms with van der Waals surface area (Å²) in [4.78, 5) is 2.31. The highest BCUT2D eigenvalue weighted by atomic mass is 35.5. The molecule has 1 heterocycles. The van der Waals surface area contributed by atoms with Crippen molar-refractivity contribution in [3.8, 4) is 0 Å². The first-order valence-electron chi connectivity index (χ1n) is 7.03. The number of likely N-dealkylation sites (tertiary alicyclic amines) is 1. The molecule has 1 fully saturated rings. The Morgan fingerprint density at radius 2 is 1.71 bits per heavy atom. The van der Waals surface area contributed by atoms with Crippen LogP contribution >= 0.6 is 12.4 Å². The second-order valence-corrected chi connectivity index (χ2v) is 5.51. The number of alkyl halides is 3. The smallest absolute Gasteiger partial charge is 0.330 e. The van der Waals surface area contributed by atoms with E-state index in [0.717, 1.165) is 38.0 Å². The fraction of sp³-hybridized carbons (Fsp3) is 0.600. The van der Waals surface area contributed by atoms with Crippen LogP contribution in [0.1, 0.15) is 36.9 Å². The molecule has 120 valence electrons. The third-order valence-electron chi connectivity index (χ3n) is 4.25. The number of rotatable bonds is 3. The third kappa shape index (κ3) is 4.59. The summed E-state index contributed by atoms with van der Waals surface area (Å²) in [5, 5.41) is 0. The van der Waals surface area contributed by atoms with E-state index < -0.39 is 11.7 Å². The van der Waals surface area contributed by atoms with E-state index in [4.69, 9.17) is 5.73 Å². The van der Waals surface area contributed by atoms with E-state index in [1.807, 2.05) is 6.92 Å². The standard InChI is InChI=1S/C15H21F3N2.ClH/c1-11(20-8-6-12(10-19)7-9-20)13-2-4-14(5-3-13)15(16,17)18;/h2-5,11-12H,6-10,19H2,1H3;1H. The Morgan fingerprint density at radius 1 is 1.19 bits per heavy atom. The molecule has 0 aliphatic carbocycles. The largest absolute Gasteiger partial charge is 0.416 e. The van der Waals surface area contributed by atoms with E-state index in [1.165, 1.54) is 12.1 Å². The minimum Gasteiger partial charge on any atom is -0.330 e. The monoisotopic (exact) mass is 322 g/mol. The summed E-state index contributed by atoms with van der Waals surface area (Å²) >= 11 is 0. The molecule has 6 heteroatoms. The predicted octanol–water partition coefficient (Wildman–Crippen LogP) is 3.86. The quantitative estimate of drug-likeness (QED) is 0.915. The van der Waals surface area contributed by atoms with Crippen LogP contribution in [0.3, 0.4) is 0 Å². The van der Waals surface area contributed by atoms with Crippen molar-refractivity contribution < 1.29 is 13.2 Å². The summed E-state index contributed by atoms with van der Waals surface area (Å²) in [6.07, 6.45) is -2.12. The van der Waals surface area contributed by atoms with Crippen LogP contribution in [0.25, 0.3) is 0 Å². The predicted molar refractivity (Wildman–Crippen MR) is 80.5 cm³/mol. The fourth-order valence-corrected chi connectivity index (χ4v) is 2.74. The maximum absolute atomic E-state index is 12.5. The Morgan fingerprint density at radius 3 is 2.14 bits per heavy atom. The lowest BCUT2D eigenvalue weighted by Gasteiger charge is -2.36. The molecule has 2 nitrogen and oxygen atoms in total. The molecule has 1 aliphatic rings.